The maximum Gasteiger partial charge on any atom is 0.220 e. The van der Waals surface area contributed by atoms with Gasteiger partial charge in [0.1, 0.15) is 24.4 Å². The summed E-state index contributed by atoms with van der Waals surface area (Å²) in [5.74, 6) is -0.136. The molecule has 1 amide bonds. The van der Waals surface area contributed by atoms with Crippen molar-refractivity contribution in [3.8, 4) is 0 Å². The summed E-state index contributed by atoms with van der Waals surface area (Å²) in [4.78, 5) is 13.1. The molecule has 0 radical (unpaired) electrons. The Kier molecular flexibility index (Phi) is 52.0. The zero-order chi connectivity index (χ0) is 52.9. The average Bonchev–Trinajstić information content (AvgIpc) is 3.39. The number of aliphatic hydroxyl groups is 5. The second-order valence-electron chi connectivity index (χ2n) is 22.9. The van der Waals surface area contributed by atoms with Gasteiger partial charge in [-0.05, 0) is 38.5 Å². The Labute approximate surface area is 452 Å². The predicted octanol–water partition coefficient (Wildman–Crippen LogP) is 16.7. The van der Waals surface area contributed by atoms with E-state index >= 15 is 0 Å². The summed E-state index contributed by atoms with van der Waals surface area (Å²) in [5.41, 5.74) is 0. The van der Waals surface area contributed by atoms with E-state index in [9.17, 15) is 30.3 Å². The Morgan fingerprint density at radius 3 is 1.11 bits per heavy atom. The molecule has 1 rings (SSSR count). The fourth-order valence-corrected chi connectivity index (χ4v) is 10.7. The molecular weight excluding hydrogens is 911 g/mol. The molecule has 9 heteroatoms. The van der Waals surface area contributed by atoms with E-state index in [0.717, 1.165) is 38.5 Å². The first kappa shape index (κ1) is 69.9. The van der Waals surface area contributed by atoms with Crippen molar-refractivity contribution in [2.24, 2.45) is 0 Å². The predicted molar refractivity (Wildman–Crippen MR) is 309 cm³/mol. The van der Waals surface area contributed by atoms with Gasteiger partial charge < -0.3 is 40.3 Å². The highest BCUT2D eigenvalue weighted by Crippen LogP contribution is 2.24. The summed E-state index contributed by atoms with van der Waals surface area (Å²) < 4.78 is 11.3. The molecule has 0 bridgehead atoms. The van der Waals surface area contributed by atoms with Crippen LogP contribution in [0.1, 0.15) is 335 Å². The van der Waals surface area contributed by atoms with Gasteiger partial charge in [-0.15, -0.1) is 0 Å². The van der Waals surface area contributed by atoms with Gasteiger partial charge in [-0.25, -0.2) is 0 Å². The molecule has 1 fully saturated rings. The minimum absolute atomic E-state index is 0.132. The van der Waals surface area contributed by atoms with Gasteiger partial charge in [0.15, 0.2) is 6.29 Å². The number of nitrogens with one attached hydrogen (secondary N) is 1. The third kappa shape index (κ3) is 43.6. The lowest BCUT2D eigenvalue weighted by Gasteiger charge is -2.40. The van der Waals surface area contributed by atoms with Gasteiger partial charge in [0.25, 0.3) is 0 Å². The molecule has 7 unspecified atom stereocenters. The molecule has 1 heterocycles. The van der Waals surface area contributed by atoms with E-state index in [4.69, 9.17) is 9.47 Å². The smallest absolute Gasteiger partial charge is 0.220 e. The van der Waals surface area contributed by atoms with Crippen LogP contribution in [0, 0.1) is 0 Å². The minimum atomic E-state index is -1.55. The number of hydrogen-bond acceptors (Lipinski definition) is 8. The molecule has 1 aliphatic heterocycles. The van der Waals surface area contributed by atoms with Gasteiger partial charge in [-0.3, -0.25) is 4.79 Å². The zero-order valence-corrected chi connectivity index (χ0v) is 48.4. The van der Waals surface area contributed by atoms with Crippen LogP contribution in [0.15, 0.2) is 12.2 Å². The lowest BCUT2D eigenvalue weighted by molar-refractivity contribution is -0.302. The second-order valence-corrected chi connectivity index (χ2v) is 22.9. The van der Waals surface area contributed by atoms with Crippen LogP contribution >= 0.6 is 0 Å². The van der Waals surface area contributed by atoms with Crippen LogP contribution in [0.25, 0.3) is 0 Å². The average molecular weight is 1040 g/mol. The second kappa shape index (κ2) is 54.3. The lowest BCUT2D eigenvalue weighted by atomic mass is 9.99. The Balaban J connectivity index is 2.08. The van der Waals surface area contributed by atoms with Crippen LogP contribution < -0.4 is 5.32 Å². The topological polar surface area (TPSA) is 149 Å². The molecule has 9 nitrogen and oxygen atoms in total. The van der Waals surface area contributed by atoms with Crippen molar-refractivity contribution >= 4 is 5.91 Å². The number of amides is 1. The number of ether oxygens (including phenoxy) is 2. The van der Waals surface area contributed by atoms with E-state index in [1.54, 1.807) is 0 Å². The van der Waals surface area contributed by atoms with Crippen LogP contribution in [0.5, 0.6) is 0 Å². The van der Waals surface area contributed by atoms with Gasteiger partial charge in [-0.1, -0.05) is 302 Å². The monoisotopic (exact) mass is 1040 g/mol. The maximum absolute atomic E-state index is 13.1. The summed E-state index contributed by atoms with van der Waals surface area (Å²) in [6, 6.07) is -0.715. The van der Waals surface area contributed by atoms with Crippen LogP contribution in [0.4, 0.5) is 0 Å². The zero-order valence-electron chi connectivity index (χ0n) is 48.4. The third-order valence-corrected chi connectivity index (χ3v) is 15.9. The van der Waals surface area contributed by atoms with Crippen molar-refractivity contribution in [3.05, 3.63) is 12.2 Å². The summed E-state index contributed by atoms with van der Waals surface area (Å²) in [6.07, 6.45) is 61.3. The molecule has 1 saturated heterocycles. The van der Waals surface area contributed by atoms with Gasteiger partial charge in [0.2, 0.25) is 5.91 Å². The first-order valence-electron chi connectivity index (χ1n) is 32.4. The first-order chi connectivity index (χ1) is 35.8. The molecule has 0 saturated carbocycles. The largest absolute Gasteiger partial charge is 0.394 e. The number of unbranched alkanes of at least 4 members (excludes halogenated alkanes) is 45. The Morgan fingerprint density at radius 2 is 0.767 bits per heavy atom. The number of carbonyl (C=O) groups excluding carboxylic acids is 1. The summed E-state index contributed by atoms with van der Waals surface area (Å²) >= 11 is 0. The van der Waals surface area contributed by atoms with Crippen molar-refractivity contribution in [1.82, 2.24) is 5.32 Å². The van der Waals surface area contributed by atoms with E-state index in [1.165, 1.54) is 270 Å². The van der Waals surface area contributed by atoms with Gasteiger partial charge in [0, 0.05) is 6.42 Å². The molecule has 73 heavy (non-hydrogen) atoms. The lowest BCUT2D eigenvalue weighted by Crippen LogP contribution is -2.60. The first-order valence-corrected chi connectivity index (χ1v) is 32.4. The Morgan fingerprint density at radius 1 is 0.452 bits per heavy atom. The fraction of sp³-hybridized carbons (Fsp3) is 0.953. The third-order valence-electron chi connectivity index (χ3n) is 15.9. The fourth-order valence-electron chi connectivity index (χ4n) is 10.7. The van der Waals surface area contributed by atoms with Crippen molar-refractivity contribution in [2.75, 3.05) is 13.2 Å². The molecule has 0 aromatic carbocycles. The van der Waals surface area contributed by atoms with Crippen molar-refractivity contribution < 1.29 is 39.8 Å². The van der Waals surface area contributed by atoms with Gasteiger partial charge >= 0.3 is 0 Å². The van der Waals surface area contributed by atoms with E-state index in [1.807, 2.05) is 0 Å². The summed E-state index contributed by atoms with van der Waals surface area (Å²) in [5, 5.41) is 54.8. The number of rotatable bonds is 57. The normalized spacial score (nSPS) is 19.0. The van der Waals surface area contributed by atoms with Gasteiger partial charge in [-0.2, -0.15) is 0 Å². The van der Waals surface area contributed by atoms with Crippen LogP contribution in [0.3, 0.4) is 0 Å². The highest BCUT2D eigenvalue weighted by molar-refractivity contribution is 5.76. The van der Waals surface area contributed by atoms with E-state index in [0.29, 0.717) is 12.8 Å². The number of aliphatic hydroxyl groups excluding tert-OH is 5. The van der Waals surface area contributed by atoms with Crippen LogP contribution in [-0.4, -0.2) is 87.5 Å². The van der Waals surface area contributed by atoms with E-state index < -0.39 is 49.5 Å². The molecule has 6 N–H and O–H groups in total. The summed E-state index contributed by atoms with van der Waals surface area (Å²) in [7, 11) is 0. The quantitative estimate of drug-likeness (QED) is 0.0261. The Bertz CT molecular complexity index is 1150. The number of hydrogen-bond donors (Lipinski definition) is 6. The van der Waals surface area contributed by atoms with Crippen LogP contribution in [-0.2, 0) is 14.3 Å². The molecule has 0 spiro atoms. The maximum atomic E-state index is 13.1. The summed E-state index contributed by atoms with van der Waals surface area (Å²) in [6.45, 7) is 3.88. The Hall–Kier alpha value is -1.07. The molecule has 7 atom stereocenters. The van der Waals surface area contributed by atoms with E-state index in [-0.39, 0.29) is 12.5 Å². The standard InChI is InChI=1S/C64H125NO8/c1-3-5-7-9-11-13-15-17-19-21-22-23-24-25-26-27-28-29-30-31-32-33-34-35-36-38-40-42-44-46-48-50-52-54-60(68)65-57(56-72-64-63(71)62(70)61(69)59(55-66)73-64)58(67)53-51-49-47-45-43-41-39-37-20-18-16-14-12-10-8-6-4-2/h21-22,57-59,61-64,66-67,69-71H,3-20,23-56H2,1-2H3,(H,65,68)/b22-21-. The highest BCUT2D eigenvalue weighted by Gasteiger charge is 2.44. The molecule has 1 aliphatic rings. The highest BCUT2D eigenvalue weighted by atomic mass is 16.7. The molecule has 0 aliphatic carbocycles. The van der Waals surface area contributed by atoms with Crippen LogP contribution in [0.2, 0.25) is 0 Å². The minimum Gasteiger partial charge on any atom is -0.394 e. The number of allylic oxidation sites excluding steroid dienone is 2. The molecule has 434 valence electrons. The van der Waals surface area contributed by atoms with E-state index in [2.05, 4.69) is 31.3 Å². The van der Waals surface area contributed by atoms with Crippen molar-refractivity contribution in [1.29, 1.82) is 0 Å². The molecule has 0 aromatic heterocycles. The van der Waals surface area contributed by atoms with Crippen molar-refractivity contribution in [3.63, 3.8) is 0 Å². The van der Waals surface area contributed by atoms with Gasteiger partial charge in [0.05, 0.1) is 25.4 Å². The SMILES string of the molecule is CCCCCCCCCC/C=C\CCCCCCCCCCCCCCCCCCCCCCCC(=O)NC(COC1OC(CO)C(O)C(O)C1O)C(O)CCCCCCCCCCCCCCCCCCC. The number of carbonyl (C=O) groups is 1. The molecular formula is C64H125NO8. The molecule has 0 aromatic rings. The van der Waals surface area contributed by atoms with Crippen molar-refractivity contribution in [2.45, 2.75) is 378 Å².